The fourth-order valence-corrected chi connectivity index (χ4v) is 2.60. The van der Waals surface area contributed by atoms with Crippen molar-refractivity contribution >= 4 is 26.8 Å². The molecule has 2 heterocycles. The predicted molar refractivity (Wildman–Crippen MR) is 89.2 cm³/mol. The number of nitrogens with zero attached hydrogens (tertiary/aromatic N) is 2. The van der Waals surface area contributed by atoms with Crippen LogP contribution in [0.15, 0.2) is 59.2 Å². The van der Waals surface area contributed by atoms with E-state index in [0.29, 0.717) is 0 Å². The first kappa shape index (κ1) is 14.2. The maximum atomic E-state index is 4.76. The zero-order valence-electron chi connectivity index (χ0n) is 11.8. The third-order valence-corrected chi connectivity index (χ3v) is 4.00. The monoisotopic (exact) mass is 341 g/mol. The Morgan fingerprint density at radius 1 is 1.10 bits per heavy atom. The van der Waals surface area contributed by atoms with E-state index >= 15 is 0 Å². The molecule has 0 spiro atoms. The Hall–Kier alpha value is -1.78. The zero-order valence-corrected chi connectivity index (χ0v) is 13.3. The van der Waals surface area contributed by atoms with Crippen LogP contribution in [-0.4, -0.2) is 17.0 Å². The molecule has 0 aliphatic carbocycles. The predicted octanol–water partition coefficient (Wildman–Crippen LogP) is 3.90. The highest BCUT2D eigenvalue weighted by molar-refractivity contribution is 9.10. The number of benzene rings is 1. The lowest BCUT2D eigenvalue weighted by atomic mass is 10.1. The molecule has 3 aromatic rings. The Labute approximate surface area is 132 Å². The van der Waals surface area contributed by atoms with Crippen molar-refractivity contribution in [3.8, 4) is 0 Å². The van der Waals surface area contributed by atoms with Crippen LogP contribution in [0.4, 0.5) is 0 Å². The van der Waals surface area contributed by atoms with Gasteiger partial charge in [0.15, 0.2) is 0 Å². The number of nitrogens with one attached hydrogen (secondary N) is 1. The van der Waals surface area contributed by atoms with Crippen molar-refractivity contribution in [3.63, 3.8) is 0 Å². The van der Waals surface area contributed by atoms with Crippen LogP contribution in [-0.2, 0) is 6.42 Å². The van der Waals surface area contributed by atoms with Crippen LogP contribution >= 0.6 is 15.9 Å². The topological polar surface area (TPSA) is 37.8 Å². The van der Waals surface area contributed by atoms with Gasteiger partial charge >= 0.3 is 0 Å². The summed E-state index contributed by atoms with van der Waals surface area (Å²) in [6.07, 6.45) is 2.64. The highest BCUT2D eigenvalue weighted by Crippen LogP contribution is 2.20. The van der Waals surface area contributed by atoms with E-state index in [1.165, 1.54) is 0 Å². The van der Waals surface area contributed by atoms with E-state index in [9.17, 15) is 0 Å². The minimum atomic E-state index is 0.156. The van der Waals surface area contributed by atoms with Crippen molar-refractivity contribution in [1.82, 2.24) is 15.3 Å². The molecule has 3 rings (SSSR count). The lowest BCUT2D eigenvalue weighted by molar-refractivity contribution is 0.571. The molecule has 106 valence electrons. The largest absolute Gasteiger partial charge is 0.311 e. The summed E-state index contributed by atoms with van der Waals surface area (Å²) in [6, 6.07) is 16.6. The van der Waals surface area contributed by atoms with Crippen molar-refractivity contribution in [2.24, 2.45) is 0 Å². The number of aromatic nitrogens is 2. The molecule has 0 bridgehead atoms. The summed E-state index contributed by atoms with van der Waals surface area (Å²) >= 11 is 3.41. The Morgan fingerprint density at radius 2 is 1.95 bits per heavy atom. The Bertz CT molecular complexity index is 740. The summed E-state index contributed by atoms with van der Waals surface area (Å²) in [5, 5.41) is 4.50. The quantitative estimate of drug-likeness (QED) is 0.782. The van der Waals surface area contributed by atoms with Gasteiger partial charge in [-0.3, -0.25) is 9.97 Å². The second-order valence-electron chi connectivity index (χ2n) is 4.94. The molecule has 2 aromatic heterocycles. The van der Waals surface area contributed by atoms with E-state index in [1.807, 2.05) is 43.6 Å². The van der Waals surface area contributed by atoms with E-state index in [1.54, 1.807) is 0 Å². The van der Waals surface area contributed by atoms with Gasteiger partial charge in [0.25, 0.3) is 0 Å². The van der Waals surface area contributed by atoms with E-state index in [2.05, 4.69) is 44.4 Å². The maximum Gasteiger partial charge on any atom is 0.0706 e. The van der Waals surface area contributed by atoms with Gasteiger partial charge in [-0.1, -0.05) is 24.3 Å². The summed E-state index contributed by atoms with van der Waals surface area (Å²) in [7, 11) is 1.96. The summed E-state index contributed by atoms with van der Waals surface area (Å²) in [5.74, 6) is 0. The van der Waals surface area contributed by atoms with Crippen LogP contribution in [0.5, 0.6) is 0 Å². The molecule has 0 aliphatic rings. The van der Waals surface area contributed by atoms with E-state index in [-0.39, 0.29) is 6.04 Å². The number of hydrogen-bond acceptors (Lipinski definition) is 3. The number of fused-ring (bicyclic) bond motifs is 1. The molecule has 4 heteroatoms. The van der Waals surface area contributed by atoms with E-state index in [4.69, 9.17) is 4.98 Å². The number of halogens is 1. The second-order valence-corrected chi connectivity index (χ2v) is 5.86. The molecule has 1 N–H and O–H groups in total. The molecule has 0 radical (unpaired) electrons. The fraction of sp³-hybridized carbons (Fsp3) is 0.176. The molecule has 0 fully saturated rings. The molecule has 1 aromatic carbocycles. The van der Waals surface area contributed by atoms with Crippen LogP contribution < -0.4 is 5.32 Å². The molecular formula is C17H16BrN3. The van der Waals surface area contributed by atoms with Crippen LogP contribution in [0.25, 0.3) is 10.9 Å². The maximum absolute atomic E-state index is 4.76. The number of likely N-dealkylation sites (N-methyl/N-ethyl adjacent to an activating group) is 1. The highest BCUT2D eigenvalue weighted by atomic mass is 79.9. The lowest BCUT2D eigenvalue weighted by Gasteiger charge is -2.16. The van der Waals surface area contributed by atoms with Gasteiger partial charge in [-0.15, -0.1) is 0 Å². The molecule has 0 saturated carbocycles. The van der Waals surface area contributed by atoms with Gasteiger partial charge in [-0.2, -0.15) is 0 Å². The van der Waals surface area contributed by atoms with Gasteiger partial charge in [-0.05, 0) is 47.2 Å². The molecule has 3 nitrogen and oxygen atoms in total. The van der Waals surface area contributed by atoms with Gasteiger partial charge < -0.3 is 5.32 Å². The molecular weight excluding hydrogens is 326 g/mol. The average molecular weight is 342 g/mol. The van der Waals surface area contributed by atoms with Gasteiger partial charge in [0.05, 0.1) is 17.3 Å². The second kappa shape index (κ2) is 6.33. The lowest BCUT2D eigenvalue weighted by Crippen LogP contribution is -2.20. The SMILES string of the molecule is CNC(Cc1ccc(Br)cn1)c1ccc2ccccc2n1. The molecule has 0 amide bonds. The van der Waals surface area contributed by atoms with Gasteiger partial charge in [0.2, 0.25) is 0 Å². The third-order valence-electron chi connectivity index (χ3n) is 3.53. The highest BCUT2D eigenvalue weighted by Gasteiger charge is 2.13. The van der Waals surface area contributed by atoms with Crippen LogP contribution in [0, 0.1) is 0 Å². The minimum absolute atomic E-state index is 0.156. The molecule has 1 unspecified atom stereocenters. The number of para-hydroxylation sites is 1. The van der Waals surface area contributed by atoms with Crippen LogP contribution in [0.2, 0.25) is 0 Å². The average Bonchev–Trinajstić information content (AvgIpc) is 2.54. The Kier molecular flexibility index (Phi) is 4.27. The number of rotatable bonds is 4. The third kappa shape index (κ3) is 3.28. The Morgan fingerprint density at radius 3 is 2.71 bits per heavy atom. The number of hydrogen-bond donors (Lipinski definition) is 1. The molecule has 1 atom stereocenters. The minimum Gasteiger partial charge on any atom is -0.311 e. The first-order valence-electron chi connectivity index (χ1n) is 6.89. The first-order chi connectivity index (χ1) is 10.3. The van der Waals surface area contributed by atoms with Crippen LogP contribution in [0.1, 0.15) is 17.4 Å². The standard InChI is InChI=1S/C17H16BrN3/c1-19-17(10-14-8-7-13(18)11-20-14)16-9-6-12-4-2-3-5-15(12)21-16/h2-9,11,17,19H,10H2,1H3. The zero-order chi connectivity index (χ0) is 14.7. The number of pyridine rings is 2. The fourth-order valence-electron chi connectivity index (χ4n) is 2.37. The summed E-state index contributed by atoms with van der Waals surface area (Å²) in [5.41, 5.74) is 3.12. The van der Waals surface area contributed by atoms with Gasteiger partial charge in [0.1, 0.15) is 0 Å². The summed E-state index contributed by atoms with van der Waals surface area (Å²) < 4.78 is 0.996. The van der Waals surface area contributed by atoms with Crippen molar-refractivity contribution < 1.29 is 0 Å². The van der Waals surface area contributed by atoms with Crippen LogP contribution in [0.3, 0.4) is 0 Å². The normalized spacial score (nSPS) is 12.5. The summed E-state index contributed by atoms with van der Waals surface area (Å²) in [4.78, 5) is 9.20. The molecule has 0 saturated heterocycles. The van der Waals surface area contributed by atoms with Gasteiger partial charge in [0, 0.05) is 28.2 Å². The van der Waals surface area contributed by atoms with E-state index < -0.39 is 0 Å². The smallest absolute Gasteiger partial charge is 0.0706 e. The van der Waals surface area contributed by atoms with Crippen molar-refractivity contribution in [1.29, 1.82) is 0 Å². The summed E-state index contributed by atoms with van der Waals surface area (Å²) in [6.45, 7) is 0. The van der Waals surface area contributed by atoms with Crippen molar-refractivity contribution in [3.05, 3.63) is 70.6 Å². The van der Waals surface area contributed by atoms with Crippen molar-refractivity contribution in [2.75, 3.05) is 7.05 Å². The van der Waals surface area contributed by atoms with Crippen molar-refractivity contribution in [2.45, 2.75) is 12.5 Å². The Balaban J connectivity index is 1.88. The first-order valence-corrected chi connectivity index (χ1v) is 7.69. The molecule has 21 heavy (non-hydrogen) atoms. The van der Waals surface area contributed by atoms with E-state index in [0.717, 1.165) is 33.2 Å². The van der Waals surface area contributed by atoms with Gasteiger partial charge in [-0.25, -0.2) is 0 Å². The molecule has 0 aliphatic heterocycles.